The van der Waals surface area contributed by atoms with Gasteiger partial charge in [-0.3, -0.25) is 0 Å². The molecule has 1 N–H and O–H groups in total. The SMILES string of the molecule is C#CC1(O)CCN(C)C2CCCCC21. The first-order valence-corrected chi connectivity index (χ1v) is 5.58. The summed E-state index contributed by atoms with van der Waals surface area (Å²) in [6.45, 7) is 0.932. The van der Waals surface area contributed by atoms with Gasteiger partial charge in [0.25, 0.3) is 0 Å². The Balaban J connectivity index is 2.21. The summed E-state index contributed by atoms with van der Waals surface area (Å²) in [7, 11) is 2.15. The van der Waals surface area contributed by atoms with Crippen molar-refractivity contribution in [3.8, 4) is 12.3 Å². The molecule has 0 amide bonds. The van der Waals surface area contributed by atoms with Crippen LogP contribution in [0.3, 0.4) is 0 Å². The number of hydrogen-bond acceptors (Lipinski definition) is 2. The van der Waals surface area contributed by atoms with Crippen LogP contribution in [-0.2, 0) is 0 Å². The molecule has 2 aliphatic rings. The van der Waals surface area contributed by atoms with Crippen LogP contribution in [0, 0.1) is 18.3 Å². The van der Waals surface area contributed by atoms with Crippen molar-refractivity contribution in [2.75, 3.05) is 13.6 Å². The zero-order valence-electron chi connectivity index (χ0n) is 8.87. The smallest absolute Gasteiger partial charge is 0.130 e. The lowest BCUT2D eigenvalue weighted by Gasteiger charge is -2.49. The molecule has 2 heteroatoms. The number of piperidine rings is 1. The van der Waals surface area contributed by atoms with Gasteiger partial charge in [0, 0.05) is 24.9 Å². The molecule has 1 aliphatic carbocycles. The van der Waals surface area contributed by atoms with Crippen molar-refractivity contribution in [2.45, 2.75) is 43.7 Å². The molecule has 2 rings (SSSR count). The molecular weight excluding hydrogens is 174 g/mol. The van der Waals surface area contributed by atoms with E-state index >= 15 is 0 Å². The second-order valence-electron chi connectivity index (χ2n) is 4.76. The Morgan fingerprint density at radius 1 is 1.43 bits per heavy atom. The van der Waals surface area contributed by atoms with Crippen LogP contribution >= 0.6 is 0 Å². The Labute approximate surface area is 86.3 Å². The average molecular weight is 193 g/mol. The highest BCUT2D eigenvalue weighted by Crippen LogP contribution is 2.40. The van der Waals surface area contributed by atoms with Crippen LogP contribution in [0.4, 0.5) is 0 Å². The molecule has 14 heavy (non-hydrogen) atoms. The molecule has 0 aromatic rings. The van der Waals surface area contributed by atoms with Crippen molar-refractivity contribution in [3.05, 3.63) is 0 Å². The predicted molar refractivity (Wildman–Crippen MR) is 56.8 cm³/mol. The van der Waals surface area contributed by atoms with Gasteiger partial charge < -0.3 is 10.0 Å². The van der Waals surface area contributed by atoms with Crippen molar-refractivity contribution < 1.29 is 5.11 Å². The van der Waals surface area contributed by atoms with E-state index in [4.69, 9.17) is 6.42 Å². The van der Waals surface area contributed by atoms with E-state index in [0.29, 0.717) is 12.0 Å². The minimum absolute atomic E-state index is 0.306. The summed E-state index contributed by atoms with van der Waals surface area (Å²) >= 11 is 0. The van der Waals surface area contributed by atoms with Crippen molar-refractivity contribution in [2.24, 2.45) is 5.92 Å². The molecule has 1 saturated heterocycles. The van der Waals surface area contributed by atoms with Crippen LogP contribution in [0.25, 0.3) is 0 Å². The lowest BCUT2D eigenvalue weighted by Crippen LogP contribution is -2.57. The molecule has 3 atom stereocenters. The predicted octanol–water partition coefficient (Wildman–Crippen LogP) is 1.25. The fraction of sp³-hybridized carbons (Fsp3) is 0.833. The molecule has 0 aromatic carbocycles. The van der Waals surface area contributed by atoms with E-state index in [1.54, 1.807) is 0 Å². The summed E-state index contributed by atoms with van der Waals surface area (Å²) in [5, 5.41) is 10.3. The summed E-state index contributed by atoms with van der Waals surface area (Å²) in [5.41, 5.74) is -0.822. The fourth-order valence-electron chi connectivity index (χ4n) is 3.07. The van der Waals surface area contributed by atoms with E-state index in [9.17, 15) is 5.11 Å². The second kappa shape index (κ2) is 3.56. The van der Waals surface area contributed by atoms with Gasteiger partial charge in [-0.25, -0.2) is 0 Å². The largest absolute Gasteiger partial charge is 0.377 e. The molecular formula is C12H19NO. The van der Waals surface area contributed by atoms with Gasteiger partial charge in [-0.15, -0.1) is 6.42 Å². The number of terminal acetylenes is 1. The minimum Gasteiger partial charge on any atom is -0.377 e. The summed E-state index contributed by atoms with van der Waals surface area (Å²) in [6.07, 6.45) is 11.0. The Kier molecular flexibility index (Phi) is 2.55. The van der Waals surface area contributed by atoms with Crippen LogP contribution in [0.1, 0.15) is 32.1 Å². The number of rotatable bonds is 0. The van der Waals surface area contributed by atoms with Gasteiger partial charge in [-0.2, -0.15) is 0 Å². The van der Waals surface area contributed by atoms with Crippen molar-refractivity contribution in [3.63, 3.8) is 0 Å². The zero-order valence-corrected chi connectivity index (χ0v) is 8.87. The van der Waals surface area contributed by atoms with Gasteiger partial charge in [0.05, 0.1) is 0 Å². The third kappa shape index (κ3) is 1.45. The first-order valence-electron chi connectivity index (χ1n) is 5.58. The summed E-state index contributed by atoms with van der Waals surface area (Å²) in [6, 6.07) is 0.513. The maximum atomic E-state index is 10.3. The lowest BCUT2D eigenvalue weighted by molar-refractivity contribution is -0.0699. The number of fused-ring (bicyclic) bond motifs is 1. The topological polar surface area (TPSA) is 23.5 Å². The van der Waals surface area contributed by atoms with E-state index in [0.717, 1.165) is 19.4 Å². The van der Waals surface area contributed by atoms with E-state index < -0.39 is 5.60 Å². The van der Waals surface area contributed by atoms with Gasteiger partial charge >= 0.3 is 0 Å². The Hall–Kier alpha value is -0.520. The van der Waals surface area contributed by atoms with Gasteiger partial charge in [0.2, 0.25) is 0 Å². The molecule has 3 unspecified atom stereocenters. The van der Waals surface area contributed by atoms with E-state index in [1.807, 2.05) is 0 Å². The number of hydrogen-bond donors (Lipinski definition) is 1. The van der Waals surface area contributed by atoms with Gasteiger partial charge in [0.15, 0.2) is 0 Å². The summed E-state index contributed by atoms with van der Waals surface area (Å²) < 4.78 is 0. The fourth-order valence-corrected chi connectivity index (χ4v) is 3.07. The first kappa shape index (κ1) is 10.0. The third-order valence-corrected chi connectivity index (χ3v) is 4.00. The summed E-state index contributed by atoms with van der Waals surface area (Å²) in [5.74, 6) is 2.93. The molecule has 0 radical (unpaired) electrons. The minimum atomic E-state index is -0.822. The quantitative estimate of drug-likeness (QED) is 0.585. The van der Waals surface area contributed by atoms with Crippen molar-refractivity contribution in [1.29, 1.82) is 0 Å². The molecule has 78 valence electrons. The Bertz CT molecular complexity index is 258. The Morgan fingerprint density at radius 3 is 2.86 bits per heavy atom. The standard InChI is InChI=1S/C12H19NO/c1-3-12(14)8-9-13(2)11-7-5-4-6-10(11)12/h1,10-11,14H,4-9H2,2H3. The number of likely N-dealkylation sites (tertiary alicyclic amines) is 1. The van der Waals surface area contributed by atoms with Gasteiger partial charge in [0.1, 0.15) is 5.60 Å². The highest BCUT2D eigenvalue weighted by Gasteiger charge is 2.46. The average Bonchev–Trinajstić information content (AvgIpc) is 2.24. The van der Waals surface area contributed by atoms with E-state index in [1.165, 1.54) is 19.3 Å². The normalized spacial score (nSPS) is 44.1. The van der Waals surface area contributed by atoms with Crippen LogP contribution in [0.5, 0.6) is 0 Å². The van der Waals surface area contributed by atoms with E-state index in [-0.39, 0.29) is 0 Å². The molecule has 2 fully saturated rings. The second-order valence-corrected chi connectivity index (χ2v) is 4.76. The van der Waals surface area contributed by atoms with Crippen LogP contribution in [0.15, 0.2) is 0 Å². The molecule has 1 aliphatic heterocycles. The maximum absolute atomic E-state index is 10.3. The highest BCUT2D eigenvalue weighted by atomic mass is 16.3. The number of nitrogens with zero attached hydrogens (tertiary/aromatic N) is 1. The molecule has 0 spiro atoms. The van der Waals surface area contributed by atoms with E-state index in [2.05, 4.69) is 17.9 Å². The molecule has 1 saturated carbocycles. The summed E-state index contributed by atoms with van der Waals surface area (Å²) in [4.78, 5) is 2.37. The zero-order chi connectivity index (χ0) is 10.2. The molecule has 1 heterocycles. The monoisotopic (exact) mass is 193 g/mol. The first-order chi connectivity index (χ1) is 6.67. The number of aliphatic hydroxyl groups is 1. The molecule has 0 bridgehead atoms. The van der Waals surface area contributed by atoms with Crippen LogP contribution in [-0.4, -0.2) is 35.2 Å². The van der Waals surface area contributed by atoms with Crippen molar-refractivity contribution in [1.82, 2.24) is 4.90 Å². The Morgan fingerprint density at radius 2 is 2.14 bits per heavy atom. The maximum Gasteiger partial charge on any atom is 0.130 e. The van der Waals surface area contributed by atoms with Gasteiger partial charge in [-0.05, 0) is 19.9 Å². The van der Waals surface area contributed by atoms with Gasteiger partial charge in [-0.1, -0.05) is 18.8 Å². The van der Waals surface area contributed by atoms with Crippen LogP contribution in [0.2, 0.25) is 0 Å². The third-order valence-electron chi connectivity index (χ3n) is 4.00. The lowest BCUT2D eigenvalue weighted by atomic mass is 9.69. The molecule has 2 nitrogen and oxygen atoms in total. The van der Waals surface area contributed by atoms with Crippen LogP contribution < -0.4 is 0 Å². The van der Waals surface area contributed by atoms with Crippen molar-refractivity contribution >= 4 is 0 Å². The molecule has 0 aromatic heterocycles. The highest BCUT2D eigenvalue weighted by molar-refractivity contribution is 5.15.